The van der Waals surface area contributed by atoms with Gasteiger partial charge in [0.05, 0.1) is 31.7 Å². The number of unbranched alkanes of at least 4 members (excludes halogenated alkanes) is 1. The number of aliphatic carboxylic acids is 1. The van der Waals surface area contributed by atoms with Gasteiger partial charge in [-0.3, -0.25) is 24.0 Å². The normalized spacial score (nSPS) is 13.1. The third-order valence-corrected chi connectivity index (χ3v) is 4.86. The van der Waals surface area contributed by atoms with Gasteiger partial charge in [-0.1, -0.05) is 5.92 Å². The smallest absolute Gasteiger partial charge is 0.303 e. The number of carboxylic acids is 1. The summed E-state index contributed by atoms with van der Waals surface area (Å²) in [5.74, 6) is -0.0162. The molecule has 0 unspecified atom stereocenters. The summed E-state index contributed by atoms with van der Waals surface area (Å²) >= 11 is 0. The summed E-state index contributed by atoms with van der Waals surface area (Å²) in [6, 6.07) is -1.02. The first kappa shape index (κ1) is 30.9. The second-order valence-corrected chi connectivity index (χ2v) is 7.72. The van der Waals surface area contributed by atoms with Gasteiger partial charge in [0.2, 0.25) is 5.91 Å². The molecular weight excluding hydrogens is 444 g/mol. The van der Waals surface area contributed by atoms with E-state index in [1.54, 1.807) is 0 Å². The van der Waals surface area contributed by atoms with Gasteiger partial charge < -0.3 is 25.6 Å². The molecule has 0 bridgehead atoms. The van der Waals surface area contributed by atoms with Crippen molar-refractivity contribution in [2.75, 3.05) is 33.0 Å². The van der Waals surface area contributed by atoms with Crippen LogP contribution in [-0.4, -0.2) is 73.3 Å². The van der Waals surface area contributed by atoms with E-state index in [1.807, 2.05) is 0 Å². The quantitative estimate of drug-likeness (QED) is 0.163. The molecule has 34 heavy (non-hydrogen) atoms. The lowest BCUT2D eigenvalue weighted by molar-refractivity contribution is -0.138. The van der Waals surface area contributed by atoms with Crippen LogP contribution in [0.25, 0.3) is 0 Å². The van der Waals surface area contributed by atoms with E-state index in [9.17, 15) is 24.0 Å². The number of ether oxygens (including phenoxy) is 2. The van der Waals surface area contributed by atoms with E-state index in [1.165, 1.54) is 6.92 Å². The van der Waals surface area contributed by atoms with Gasteiger partial charge in [-0.2, -0.15) is 0 Å². The molecule has 188 valence electrons. The predicted octanol–water partition coefficient (Wildman–Crippen LogP) is 0.114. The van der Waals surface area contributed by atoms with Gasteiger partial charge in [0.1, 0.15) is 18.2 Å². The van der Waals surface area contributed by atoms with Gasteiger partial charge in [-0.15, -0.1) is 18.8 Å². The molecule has 1 amide bonds. The number of nitrogens with two attached hydrogens (primary N) is 1. The van der Waals surface area contributed by atoms with Crippen LogP contribution in [0.2, 0.25) is 0 Å². The molecule has 0 aromatic heterocycles. The third-order valence-electron chi connectivity index (χ3n) is 4.86. The lowest BCUT2D eigenvalue weighted by Crippen LogP contribution is -2.45. The van der Waals surface area contributed by atoms with Crippen molar-refractivity contribution in [1.82, 2.24) is 5.32 Å². The molecule has 0 aliphatic rings. The van der Waals surface area contributed by atoms with Crippen molar-refractivity contribution < 1.29 is 38.6 Å². The number of hydrogen-bond acceptors (Lipinski definition) is 8. The Morgan fingerprint density at radius 3 is 2.26 bits per heavy atom. The molecule has 3 atom stereocenters. The van der Waals surface area contributed by atoms with Crippen LogP contribution in [0.15, 0.2) is 0 Å². The first-order valence-electron chi connectivity index (χ1n) is 11.0. The number of carbonyl (C=O) groups excluding carboxylic acids is 4. The Labute approximate surface area is 200 Å². The lowest BCUT2D eigenvalue weighted by atomic mass is 9.90. The molecule has 0 aliphatic carbocycles. The van der Waals surface area contributed by atoms with Gasteiger partial charge >= 0.3 is 5.97 Å². The van der Waals surface area contributed by atoms with E-state index in [2.05, 4.69) is 17.2 Å². The SMILES string of the molecule is C#CCCCOC[C@@H](CC(=O)[C@H](COCC#C)CC(=O)CN)C(=O)N[C@@H](CCC(=O)O)C(C)=O. The Hall–Kier alpha value is -3.05. The molecule has 0 aromatic carbocycles. The van der Waals surface area contributed by atoms with Gasteiger partial charge in [0.15, 0.2) is 5.78 Å². The number of carbonyl (C=O) groups is 5. The Kier molecular flexibility index (Phi) is 16.7. The minimum atomic E-state index is -1.11. The highest BCUT2D eigenvalue weighted by Gasteiger charge is 2.30. The first-order valence-corrected chi connectivity index (χ1v) is 11.0. The zero-order chi connectivity index (χ0) is 25.9. The van der Waals surface area contributed by atoms with E-state index in [0.29, 0.717) is 12.8 Å². The fraction of sp³-hybridized carbons (Fsp3) is 0.625. The number of ketones is 3. The first-order chi connectivity index (χ1) is 16.2. The summed E-state index contributed by atoms with van der Waals surface area (Å²) in [7, 11) is 0. The summed E-state index contributed by atoms with van der Waals surface area (Å²) in [6.07, 6.45) is 10.5. The molecule has 0 aromatic rings. The molecule has 0 rings (SSSR count). The maximum atomic E-state index is 12.9. The van der Waals surface area contributed by atoms with Gasteiger partial charge in [0.25, 0.3) is 0 Å². The molecule has 0 heterocycles. The predicted molar refractivity (Wildman–Crippen MR) is 123 cm³/mol. The van der Waals surface area contributed by atoms with Crippen LogP contribution in [0.4, 0.5) is 0 Å². The van der Waals surface area contributed by atoms with Crippen molar-refractivity contribution in [3.8, 4) is 24.7 Å². The highest BCUT2D eigenvalue weighted by atomic mass is 16.5. The standard InChI is InChI=1S/C24H34N2O8/c1-4-6-7-11-34-16-19(24(32)26-21(17(3)27)8-9-23(30)31)13-22(29)18(12-20(28)14-25)15-33-10-5-2/h1-2,18-19,21H,6-16,25H2,3H3,(H,26,32)(H,30,31)/t18-,19+,21-/m0/s1. The maximum absolute atomic E-state index is 12.9. The molecule has 0 spiro atoms. The Morgan fingerprint density at radius 1 is 1.03 bits per heavy atom. The van der Waals surface area contributed by atoms with Crippen LogP contribution in [0.3, 0.4) is 0 Å². The Morgan fingerprint density at radius 2 is 1.71 bits per heavy atom. The molecule has 0 saturated carbocycles. The van der Waals surface area contributed by atoms with Gasteiger partial charge in [0, 0.05) is 38.2 Å². The highest BCUT2D eigenvalue weighted by molar-refractivity contribution is 5.93. The molecule has 0 saturated heterocycles. The lowest BCUT2D eigenvalue weighted by Gasteiger charge is -2.22. The van der Waals surface area contributed by atoms with Crippen LogP contribution >= 0.6 is 0 Å². The number of rotatable bonds is 20. The van der Waals surface area contributed by atoms with E-state index >= 15 is 0 Å². The van der Waals surface area contributed by atoms with Gasteiger partial charge in [-0.25, -0.2) is 0 Å². The zero-order valence-corrected chi connectivity index (χ0v) is 19.5. The Bertz CT molecular complexity index is 781. The number of nitrogens with one attached hydrogen (secondary N) is 1. The van der Waals surface area contributed by atoms with Crippen LogP contribution in [0.1, 0.15) is 45.4 Å². The average molecular weight is 479 g/mol. The van der Waals surface area contributed by atoms with Crippen molar-refractivity contribution >= 4 is 29.2 Å². The van der Waals surface area contributed by atoms with Crippen molar-refractivity contribution in [3.05, 3.63) is 0 Å². The topological polar surface area (TPSA) is 162 Å². The summed E-state index contributed by atoms with van der Waals surface area (Å²) in [5.41, 5.74) is 5.36. The van der Waals surface area contributed by atoms with Crippen molar-refractivity contribution in [1.29, 1.82) is 0 Å². The molecular formula is C24H34N2O8. The summed E-state index contributed by atoms with van der Waals surface area (Å²) in [4.78, 5) is 60.4. The van der Waals surface area contributed by atoms with E-state index < -0.39 is 41.3 Å². The van der Waals surface area contributed by atoms with E-state index in [0.717, 1.165) is 0 Å². The second kappa shape index (κ2) is 18.4. The average Bonchev–Trinajstić information content (AvgIpc) is 2.79. The minimum absolute atomic E-state index is 0.0489. The van der Waals surface area contributed by atoms with Crippen LogP contribution in [0.5, 0.6) is 0 Å². The molecule has 10 nitrogen and oxygen atoms in total. The number of terminal acetylenes is 2. The molecule has 10 heteroatoms. The minimum Gasteiger partial charge on any atom is -0.481 e. The fourth-order valence-electron chi connectivity index (χ4n) is 2.96. The summed E-state index contributed by atoms with van der Waals surface area (Å²) < 4.78 is 10.7. The van der Waals surface area contributed by atoms with Crippen LogP contribution in [0, 0.1) is 36.5 Å². The molecule has 0 fully saturated rings. The van der Waals surface area contributed by atoms with E-state index in [-0.39, 0.29) is 64.4 Å². The fourth-order valence-corrected chi connectivity index (χ4v) is 2.96. The van der Waals surface area contributed by atoms with Crippen molar-refractivity contribution in [2.45, 2.75) is 51.5 Å². The number of hydrogen-bond donors (Lipinski definition) is 3. The van der Waals surface area contributed by atoms with E-state index in [4.69, 9.17) is 33.2 Å². The second-order valence-electron chi connectivity index (χ2n) is 7.72. The van der Waals surface area contributed by atoms with Gasteiger partial charge in [-0.05, 0) is 19.8 Å². The summed E-state index contributed by atoms with van der Waals surface area (Å²) in [6.45, 7) is 0.963. The zero-order valence-electron chi connectivity index (χ0n) is 19.5. The largest absolute Gasteiger partial charge is 0.481 e. The van der Waals surface area contributed by atoms with Crippen molar-refractivity contribution in [2.24, 2.45) is 17.6 Å². The molecule has 4 N–H and O–H groups in total. The number of amides is 1. The van der Waals surface area contributed by atoms with Crippen LogP contribution in [-0.2, 0) is 33.4 Å². The molecule has 0 radical (unpaired) electrons. The van der Waals surface area contributed by atoms with Crippen molar-refractivity contribution in [3.63, 3.8) is 0 Å². The Balaban J connectivity index is 5.42. The number of carboxylic acid groups (broad SMARTS) is 1. The highest BCUT2D eigenvalue weighted by Crippen LogP contribution is 2.16. The summed E-state index contributed by atoms with van der Waals surface area (Å²) in [5, 5.41) is 11.4. The molecule has 0 aliphatic heterocycles. The number of Topliss-reactive ketones (excluding diaryl/α,β-unsaturated/α-hetero) is 3. The monoisotopic (exact) mass is 478 g/mol. The third kappa shape index (κ3) is 14.2. The van der Waals surface area contributed by atoms with Crippen LogP contribution < -0.4 is 11.1 Å². The maximum Gasteiger partial charge on any atom is 0.303 e.